The number of anilines is 1. The lowest BCUT2D eigenvalue weighted by atomic mass is 9.81. The quantitative estimate of drug-likeness (QED) is 0.830. The largest absolute Gasteiger partial charge is 0.343 e. The Balaban J connectivity index is 1.85. The highest BCUT2D eigenvalue weighted by atomic mass is 16.2. The molecule has 25 heavy (non-hydrogen) atoms. The van der Waals surface area contributed by atoms with Gasteiger partial charge in [-0.25, -0.2) is 0 Å². The van der Waals surface area contributed by atoms with Crippen molar-refractivity contribution in [2.24, 2.45) is 11.8 Å². The summed E-state index contributed by atoms with van der Waals surface area (Å²) in [6.07, 6.45) is 3.24. The van der Waals surface area contributed by atoms with E-state index < -0.39 is 0 Å². The van der Waals surface area contributed by atoms with Gasteiger partial charge in [0.1, 0.15) is 0 Å². The molecule has 0 aromatic heterocycles. The van der Waals surface area contributed by atoms with E-state index in [2.05, 4.69) is 31.3 Å². The summed E-state index contributed by atoms with van der Waals surface area (Å²) >= 11 is 0. The fourth-order valence-corrected chi connectivity index (χ4v) is 3.59. The van der Waals surface area contributed by atoms with Crippen molar-refractivity contribution in [3.8, 4) is 0 Å². The molecule has 0 saturated heterocycles. The zero-order valence-corrected chi connectivity index (χ0v) is 16.0. The predicted octanol–water partition coefficient (Wildman–Crippen LogP) is 4.42. The summed E-state index contributed by atoms with van der Waals surface area (Å²) in [6, 6.07) is 8.09. The van der Waals surface area contributed by atoms with Crippen molar-refractivity contribution in [2.75, 3.05) is 18.4 Å². The first-order valence-electron chi connectivity index (χ1n) is 9.65. The molecule has 0 unspecified atom stereocenters. The van der Waals surface area contributed by atoms with Gasteiger partial charge in [0, 0.05) is 30.6 Å². The Morgan fingerprint density at radius 3 is 2.00 bits per heavy atom. The van der Waals surface area contributed by atoms with E-state index in [4.69, 9.17) is 0 Å². The maximum atomic E-state index is 12.5. The van der Waals surface area contributed by atoms with Gasteiger partial charge < -0.3 is 10.2 Å². The summed E-state index contributed by atoms with van der Waals surface area (Å²) < 4.78 is 0. The zero-order chi connectivity index (χ0) is 18.4. The van der Waals surface area contributed by atoms with Crippen LogP contribution in [0.4, 0.5) is 5.69 Å². The Hall–Kier alpha value is -1.84. The summed E-state index contributed by atoms with van der Waals surface area (Å²) in [7, 11) is 0. The SMILES string of the molecule is CCN(CC)C(=O)C1CCC(C(=O)Nc2ccc(C(C)C)cc2)CC1. The Morgan fingerprint density at radius 2 is 1.52 bits per heavy atom. The molecule has 0 spiro atoms. The second-order valence-electron chi connectivity index (χ2n) is 7.33. The van der Waals surface area contributed by atoms with Gasteiger partial charge in [0.05, 0.1) is 0 Å². The van der Waals surface area contributed by atoms with Crippen molar-refractivity contribution in [1.82, 2.24) is 4.90 Å². The van der Waals surface area contributed by atoms with Gasteiger partial charge in [-0.2, -0.15) is 0 Å². The molecule has 1 N–H and O–H groups in total. The molecule has 0 heterocycles. The minimum absolute atomic E-state index is 0.0190. The number of amides is 2. The van der Waals surface area contributed by atoms with Gasteiger partial charge in [-0.3, -0.25) is 9.59 Å². The van der Waals surface area contributed by atoms with Crippen LogP contribution in [0.1, 0.15) is 64.9 Å². The van der Waals surface area contributed by atoms with Gasteiger partial charge in [0.15, 0.2) is 0 Å². The Morgan fingerprint density at radius 1 is 1.00 bits per heavy atom. The first-order chi connectivity index (χ1) is 12.0. The molecule has 0 atom stereocenters. The second-order valence-corrected chi connectivity index (χ2v) is 7.33. The molecule has 0 aliphatic heterocycles. The van der Waals surface area contributed by atoms with Crippen molar-refractivity contribution in [2.45, 2.75) is 59.3 Å². The maximum Gasteiger partial charge on any atom is 0.227 e. The lowest BCUT2D eigenvalue weighted by Crippen LogP contribution is -2.38. The molecule has 2 rings (SSSR count). The van der Waals surface area contributed by atoms with Crippen LogP contribution in [0.2, 0.25) is 0 Å². The van der Waals surface area contributed by atoms with Crippen LogP contribution in [0.15, 0.2) is 24.3 Å². The normalized spacial score (nSPS) is 20.4. The van der Waals surface area contributed by atoms with Crippen molar-refractivity contribution in [3.63, 3.8) is 0 Å². The Kier molecular flexibility index (Phi) is 7.03. The van der Waals surface area contributed by atoms with E-state index in [1.807, 2.05) is 30.9 Å². The number of carbonyl (C=O) groups is 2. The van der Waals surface area contributed by atoms with Gasteiger partial charge in [-0.1, -0.05) is 26.0 Å². The van der Waals surface area contributed by atoms with Crippen LogP contribution >= 0.6 is 0 Å². The first kappa shape index (κ1) is 19.5. The fourth-order valence-electron chi connectivity index (χ4n) is 3.59. The van der Waals surface area contributed by atoms with E-state index in [-0.39, 0.29) is 23.7 Å². The predicted molar refractivity (Wildman–Crippen MR) is 103 cm³/mol. The summed E-state index contributed by atoms with van der Waals surface area (Å²) in [5.74, 6) is 0.947. The van der Waals surface area contributed by atoms with Crippen molar-refractivity contribution < 1.29 is 9.59 Å². The van der Waals surface area contributed by atoms with Crippen LogP contribution in [0.5, 0.6) is 0 Å². The maximum absolute atomic E-state index is 12.5. The Labute approximate surface area is 152 Å². The van der Waals surface area contributed by atoms with Gasteiger partial charge in [0.25, 0.3) is 0 Å². The third-order valence-corrected chi connectivity index (χ3v) is 5.37. The third kappa shape index (κ3) is 5.07. The van der Waals surface area contributed by atoms with E-state index in [1.165, 1.54) is 5.56 Å². The molecule has 138 valence electrons. The molecular weight excluding hydrogens is 312 g/mol. The summed E-state index contributed by atoms with van der Waals surface area (Å²) in [4.78, 5) is 26.8. The number of carbonyl (C=O) groups excluding carboxylic acids is 2. The first-order valence-corrected chi connectivity index (χ1v) is 9.65. The monoisotopic (exact) mass is 344 g/mol. The molecule has 0 radical (unpaired) electrons. The zero-order valence-electron chi connectivity index (χ0n) is 16.0. The molecule has 2 amide bonds. The lowest BCUT2D eigenvalue weighted by molar-refractivity contribution is -0.137. The van der Waals surface area contributed by atoms with Crippen LogP contribution in [-0.2, 0) is 9.59 Å². The minimum Gasteiger partial charge on any atom is -0.343 e. The molecule has 0 bridgehead atoms. The van der Waals surface area contributed by atoms with Crippen molar-refractivity contribution >= 4 is 17.5 Å². The number of rotatable bonds is 6. The van der Waals surface area contributed by atoms with Crippen LogP contribution in [0.25, 0.3) is 0 Å². The van der Waals surface area contributed by atoms with Crippen LogP contribution < -0.4 is 5.32 Å². The molecule has 1 saturated carbocycles. The number of nitrogens with one attached hydrogen (secondary N) is 1. The number of benzene rings is 1. The molecule has 1 aromatic carbocycles. The van der Waals surface area contributed by atoms with E-state index >= 15 is 0 Å². The molecule has 1 aliphatic rings. The fraction of sp³-hybridized carbons (Fsp3) is 0.619. The molecule has 1 aliphatic carbocycles. The molecular formula is C21H32N2O2. The standard InChI is InChI=1S/C21H32N2O2/c1-5-23(6-2)21(25)18-9-7-17(8-10-18)20(24)22-19-13-11-16(12-14-19)15(3)4/h11-15,17-18H,5-10H2,1-4H3,(H,22,24). The summed E-state index contributed by atoms with van der Waals surface area (Å²) in [5.41, 5.74) is 2.13. The third-order valence-electron chi connectivity index (χ3n) is 5.37. The summed E-state index contributed by atoms with van der Waals surface area (Å²) in [5, 5.41) is 3.03. The highest BCUT2D eigenvalue weighted by molar-refractivity contribution is 5.92. The Bertz CT molecular complexity index is 568. The van der Waals surface area contributed by atoms with E-state index in [1.54, 1.807) is 0 Å². The molecule has 1 fully saturated rings. The van der Waals surface area contributed by atoms with Gasteiger partial charge in [-0.15, -0.1) is 0 Å². The topological polar surface area (TPSA) is 49.4 Å². The average Bonchev–Trinajstić information content (AvgIpc) is 2.63. The van der Waals surface area contributed by atoms with Crippen LogP contribution in [-0.4, -0.2) is 29.8 Å². The highest BCUT2D eigenvalue weighted by Gasteiger charge is 2.31. The highest BCUT2D eigenvalue weighted by Crippen LogP contribution is 2.31. The second kappa shape index (κ2) is 9.02. The van der Waals surface area contributed by atoms with Gasteiger partial charge in [0.2, 0.25) is 11.8 Å². The smallest absolute Gasteiger partial charge is 0.227 e. The van der Waals surface area contributed by atoms with E-state index in [9.17, 15) is 9.59 Å². The number of hydrogen-bond acceptors (Lipinski definition) is 2. The van der Waals surface area contributed by atoms with E-state index in [0.29, 0.717) is 5.92 Å². The molecule has 4 nitrogen and oxygen atoms in total. The van der Waals surface area contributed by atoms with Gasteiger partial charge in [-0.05, 0) is 63.1 Å². The minimum atomic E-state index is 0.0190. The number of hydrogen-bond donors (Lipinski definition) is 1. The van der Waals surface area contributed by atoms with E-state index in [0.717, 1.165) is 44.5 Å². The van der Waals surface area contributed by atoms with Crippen LogP contribution in [0, 0.1) is 11.8 Å². The number of nitrogens with zero attached hydrogens (tertiary/aromatic N) is 1. The summed E-state index contributed by atoms with van der Waals surface area (Å²) in [6.45, 7) is 9.89. The van der Waals surface area contributed by atoms with Crippen molar-refractivity contribution in [1.29, 1.82) is 0 Å². The average molecular weight is 344 g/mol. The van der Waals surface area contributed by atoms with Crippen molar-refractivity contribution in [3.05, 3.63) is 29.8 Å². The molecule has 1 aromatic rings. The molecule has 4 heteroatoms. The lowest BCUT2D eigenvalue weighted by Gasteiger charge is -2.30. The van der Waals surface area contributed by atoms with Gasteiger partial charge >= 0.3 is 0 Å². The van der Waals surface area contributed by atoms with Crippen LogP contribution in [0.3, 0.4) is 0 Å².